The highest BCUT2D eigenvalue weighted by Crippen LogP contribution is 2.19. The van der Waals surface area contributed by atoms with Crippen LogP contribution in [-0.2, 0) is 9.59 Å². The largest absolute Gasteiger partial charge is 0.353 e. The van der Waals surface area contributed by atoms with E-state index in [2.05, 4.69) is 10.6 Å². The monoisotopic (exact) mass is 266 g/mol. The van der Waals surface area contributed by atoms with Gasteiger partial charge in [0.1, 0.15) is 11.2 Å². The smallest absolute Gasteiger partial charge is 0.239 e. The molecule has 0 unspecified atom stereocenters. The van der Waals surface area contributed by atoms with E-state index in [1.54, 1.807) is 13.8 Å². The van der Waals surface area contributed by atoms with Gasteiger partial charge in [-0.15, -0.1) is 0 Å². The number of carbonyl (C=O) groups excluding carboxylic acids is 2. The molecule has 4 nitrogen and oxygen atoms in total. The van der Waals surface area contributed by atoms with Crippen LogP contribution in [0, 0.1) is 11.2 Å². The summed E-state index contributed by atoms with van der Waals surface area (Å²) in [7, 11) is 0. The summed E-state index contributed by atoms with van der Waals surface area (Å²) in [5, 5.41) is 5.30. The van der Waals surface area contributed by atoms with Crippen molar-refractivity contribution >= 4 is 17.5 Å². The van der Waals surface area contributed by atoms with Gasteiger partial charge in [0.15, 0.2) is 0 Å². The Hall–Kier alpha value is -1.91. The highest BCUT2D eigenvalue weighted by atomic mass is 19.1. The predicted octanol–water partition coefficient (Wildman–Crippen LogP) is 2.32. The number of nitrogens with one attached hydrogen (secondary N) is 2. The molecule has 0 aliphatic heterocycles. The van der Waals surface area contributed by atoms with Crippen LogP contribution in [0.3, 0.4) is 0 Å². The molecule has 0 bridgehead atoms. The maximum absolute atomic E-state index is 12.8. The summed E-state index contributed by atoms with van der Waals surface area (Å²) in [5.41, 5.74) is -0.740. The number of anilines is 1. The third-order valence-electron chi connectivity index (χ3n) is 2.66. The Labute approximate surface area is 112 Å². The number of halogens is 1. The van der Waals surface area contributed by atoms with Gasteiger partial charge in [-0.1, -0.05) is 0 Å². The van der Waals surface area contributed by atoms with Crippen LogP contribution < -0.4 is 10.6 Å². The van der Waals surface area contributed by atoms with Crippen LogP contribution in [0.25, 0.3) is 0 Å². The molecule has 2 N–H and O–H groups in total. The van der Waals surface area contributed by atoms with Crippen LogP contribution in [0.4, 0.5) is 10.1 Å². The standard InChI is InChI=1S/C14H19FN2O2/c1-9(2)16-12(18)14(3,4)13(19)17-11-7-5-10(15)6-8-11/h5-9H,1-4H3,(H,16,18)(H,17,19). The van der Waals surface area contributed by atoms with Gasteiger partial charge in [0, 0.05) is 11.7 Å². The van der Waals surface area contributed by atoms with Gasteiger partial charge in [-0.05, 0) is 52.0 Å². The summed E-state index contributed by atoms with van der Waals surface area (Å²) in [6.45, 7) is 6.74. The number of hydrogen-bond acceptors (Lipinski definition) is 2. The molecule has 0 spiro atoms. The predicted molar refractivity (Wildman–Crippen MR) is 72.1 cm³/mol. The van der Waals surface area contributed by atoms with E-state index in [0.29, 0.717) is 5.69 Å². The zero-order valence-corrected chi connectivity index (χ0v) is 11.6. The van der Waals surface area contributed by atoms with Crippen LogP contribution in [-0.4, -0.2) is 17.9 Å². The molecule has 0 atom stereocenters. The first-order valence-electron chi connectivity index (χ1n) is 6.11. The molecule has 5 heteroatoms. The summed E-state index contributed by atoms with van der Waals surface area (Å²) < 4.78 is 12.8. The fraction of sp³-hybridized carbons (Fsp3) is 0.429. The van der Waals surface area contributed by atoms with E-state index in [0.717, 1.165) is 0 Å². The van der Waals surface area contributed by atoms with Gasteiger partial charge in [-0.3, -0.25) is 9.59 Å². The van der Waals surface area contributed by atoms with Crippen molar-refractivity contribution in [3.63, 3.8) is 0 Å². The lowest BCUT2D eigenvalue weighted by molar-refractivity contribution is -0.138. The second kappa shape index (κ2) is 5.82. The first kappa shape index (κ1) is 15.1. The summed E-state index contributed by atoms with van der Waals surface area (Å²) in [5.74, 6) is -1.16. The van der Waals surface area contributed by atoms with Gasteiger partial charge in [0.05, 0.1) is 0 Å². The number of hydrogen-bond donors (Lipinski definition) is 2. The van der Waals surface area contributed by atoms with Crippen molar-refractivity contribution in [2.24, 2.45) is 5.41 Å². The lowest BCUT2D eigenvalue weighted by Gasteiger charge is -2.24. The maximum Gasteiger partial charge on any atom is 0.239 e. The highest BCUT2D eigenvalue weighted by Gasteiger charge is 2.36. The Morgan fingerprint density at radius 2 is 1.63 bits per heavy atom. The molecule has 19 heavy (non-hydrogen) atoms. The zero-order chi connectivity index (χ0) is 14.6. The highest BCUT2D eigenvalue weighted by molar-refractivity contribution is 6.09. The molecule has 104 valence electrons. The molecule has 1 rings (SSSR count). The SMILES string of the molecule is CC(C)NC(=O)C(C)(C)C(=O)Nc1ccc(F)cc1. The molecule has 2 amide bonds. The maximum atomic E-state index is 12.8. The van der Waals surface area contributed by atoms with Crippen molar-refractivity contribution in [2.45, 2.75) is 33.7 Å². The molecular formula is C14H19FN2O2. The molecule has 0 aliphatic carbocycles. The number of benzene rings is 1. The van der Waals surface area contributed by atoms with Crippen molar-refractivity contribution < 1.29 is 14.0 Å². The lowest BCUT2D eigenvalue weighted by Crippen LogP contribution is -2.47. The number of amides is 2. The second-order valence-corrected chi connectivity index (χ2v) is 5.21. The molecule has 0 saturated carbocycles. The lowest BCUT2D eigenvalue weighted by atomic mass is 9.90. The first-order chi connectivity index (χ1) is 8.73. The Morgan fingerprint density at radius 3 is 2.11 bits per heavy atom. The van der Waals surface area contributed by atoms with Gasteiger partial charge in [-0.25, -0.2) is 4.39 Å². The van der Waals surface area contributed by atoms with Crippen molar-refractivity contribution in [1.29, 1.82) is 0 Å². The molecule has 0 radical (unpaired) electrons. The van der Waals surface area contributed by atoms with E-state index >= 15 is 0 Å². The van der Waals surface area contributed by atoms with Gasteiger partial charge in [0.25, 0.3) is 0 Å². The average molecular weight is 266 g/mol. The third-order valence-corrected chi connectivity index (χ3v) is 2.66. The molecule has 0 saturated heterocycles. The quantitative estimate of drug-likeness (QED) is 0.822. The summed E-state index contributed by atoms with van der Waals surface area (Å²) in [6.07, 6.45) is 0. The Morgan fingerprint density at radius 1 is 1.11 bits per heavy atom. The number of carbonyl (C=O) groups is 2. The average Bonchev–Trinajstić information content (AvgIpc) is 2.31. The van der Waals surface area contributed by atoms with E-state index in [1.807, 2.05) is 13.8 Å². The van der Waals surface area contributed by atoms with Crippen molar-refractivity contribution in [2.75, 3.05) is 5.32 Å². The van der Waals surface area contributed by atoms with Crippen LogP contribution in [0.15, 0.2) is 24.3 Å². The van der Waals surface area contributed by atoms with E-state index in [-0.39, 0.29) is 17.8 Å². The first-order valence-corrected chi connectivity index (χ1v) is 6.11. The zero-order valence-electron chi connectivity index (χ0n) is 11.6. The van der Waals surface area contributed by atoms with E-state index < -0.39 is 11.3 Å². The Kier molecular flexibility index (Phi) is 4.64. The molecule has 1 aromatic carbocycles. The van der Waals surface area contributed by atoms with Crippen molar-refractivity contribution in [1.82, 2.24) is 5.32 Å². The van der Waals surface area contributed by atoms with Crippen LogP contribution >= 0.6 is 0 Å². The van der Waals surface area contributed by atoms with Gasteiger partial charge in [-0.2, -0.15) is 0 Å². The molecular weight excluding hydrogens is 247 g/mol. The van der Waals surface area contributed by atoms with Gasteiger partial charge in [0.2, 0.25) is 11.8 Å². The molecule has 0 aromatic heterocycles. The molecule has 0 aliphatic rings. The molecule has 1 aromatic rings. The summed E-state index contributed by atoms with van der Waals surface area (Å²) in [4.78, 5) is 24.0. The molecule has 0 heterocycles. The van der Waals surface area contributed by atoms with Crippen LogP contribution in [0.5, 0.6) is 0 Å². The van der Waals surface area contributed by atoms with E-state index in [9.17, 15) is 14.0 Å². The summed E-state index contributed by atoms with van der Waals surface area (Å²) in [6, 6.07) is 5.35. The fourth-order valence-corrected chi connectivity index (χ4v) is 1.37. The van der Waals surface area contributed by atoms with Gasteiger partial charge < -0.3 is 10.6 Å². The minimum atomic E-state index is -1.20. The minimum Gasteiger partial charge on any atom is -0.353 e. The van der Waals surface area contributed by atoms with Crippen molar-refractivity contribution in [3.05, 3.63) is 30.1 Å². The van der Waals surface area contributed by atoms with E-state index in [1.165, 1.54) is 24.3 Å². The fourth-order valence-electron chi connectivity index (χ4n) is 1.37. The Balaban J connectivity index is 2.75. The Bertz CT molecular complexity index is 467. The van der Waals surface area contributed by atoms with Gasteiger partial charge >= 0.3 is 0 Å². The van der Waals surface area contributed by atoms with Crippen LogP contribution in [0.1, 0.15) is 27.7 Å². The topological polar surface area (TPSA) is 58.2 Å². The summed E-state index contributed by atoms with van der Waals surface area (Å²) >= 11 is 0. The normalized spacial score (nSPS) is 11.3. The van der Waals surface area contributed by atoms with E-state index in [4.69, 9.17) is 0 Å². The number of rotatable bonds is 4. The van der Waals surface area contributed by atoms with Crippen LogP contribution in [0.2, 0.25) is 0 Å². The minimum absolute atomic E-state index is 0.0367. The second-order valence-electron chi connectivity index (χ2n) is 5.21. The third kappa shape index (κ3) is 4.05. The van der Waals surface area contributed by atoms with Crippen molar-refractivity contribution in [3.8, 4) is 0 Å². The molecule has 0 fully saturated rings.